The standard InChI is InChI=1S/C22H24FN7O/c1-14-11-30-12-15(10-18(23)21(30)24-14)25-22(31)16-4-5-19(17-13-28(3)26-20(16)17)29-8-6-27(2)7-9-29/h4-5,10-13H,6-9H2,1-3H3,(H,25,31). The maximum absolute atomic E-state index is 14.4. The first-order valence-electron chi connectivity index (χ1n) is 10.2. The third-order valence-electron chi connectivity index (χ3n) is 5.74. The van der Waals surface area contributed by atoms with Crippen molar-refractivity contribution in [1.29, 1.82) is 0 Å². The number of halogens is 1. The first-order chi connectivity index (χ1) is 14.9. The number of nitrogens with one attached hydrogen (secondary N) is 1. The van der Waals surface area contributed by atoms with Gasteiger partial charge in [-0.25, -0.2) is 9.37 Å². The number of nitrogens with zero attached hydrogens (tertiary/aromatic N) is 6. The highest BCUT2D eigenvalue weighted by Gasteiger charge is 2.21. The van der Waals surface area contributed by atoms with Crippen LogP contribution in [0.3, 0.4) is 0 Å². The molecule has 0 aliphatic carbocycles. The normalized spacial score (nSPS) is 15.2. The number of imidazole rings is 1. The second-order valence-corrected chi connectivity index (χ2v) is 8.13. The van der Waals surface area contributed by atoms with E-state index in [0.717, 1.165) is 37.3 Å². The van der Waals surface area contributed by atoms with E-state index in [-0.39, 0.29) is 11.6 Å². The summed E-state index contributed by atoms with van der Waals surface area (Å²) in [7, 11) is 3.97. The van der Waals surface area contributed by atoms with Crippen LogP contribution in [0.5, 0.6) is 0 Å². The molecule has 1 saturated heterocycles. The molecule has 0 spiro atoms. The summed E-state index contributed by atoms with van der Waals surface area (Å²) in [6.07, 6.45) is 5.32. The molecule has 0 bridgehead atoms. The van der Waals surface area contributed by atoms with Crippen LogP contribution in [0.25, 0.3) is 16.6 Å². The number of amides is 1. The Labute approximate surface area is 178 Å². The third kappa shape index (κ3) is 3.50. The minimum atomic E-state index is -0.487. The van der Waals surface area contributed by atoms with Crippen molar-refractivity contribution >= 4 is 33.8 Å². The van der Waals surface area contributed by atoms with Crippen LogP contribution in [0.2, 0.25) is 0 Å². The molecule has 1 aliphatic rings. The Balaban J connectivity index is 1.49. The minimum absolute atomic E-state index is 0.235. The average molecular weight is 421 g/mol. The van der Waals surface area contributed by atoms with Gasteiger partial charge < -0.3 is 19.5 Å². The fraction of sp³-hybridized carbons (Fsp3) is 0.318. The van der Waals surface area contributed by atoms with Gasteiger partial charge in [0.2, 0.25) is 0 Å². The summed E-state index contributed by atoms with van der Waals surface area (Å²) in [4.78, 5) is 21.9. The number of carbonyl (C=O) groups is 1. The molecule has 1 aromatic carbocycles. The number of likely N-dealkylation sites (N-methyl/N-ethyl adjacent to an activating group) is 1. The Kier molecular flexibility index (Phi) is 4.62. The number of pyridine rings is 1. The molecule has 1 amide bonds. The van der Waals surface area contributed by atoms with E-state index in [1.54, 1.807) is 34.5 Å². The summed E-state index contributed by atoms with van der Waals surface area (Å²) >= 11 is 0. The molecule has 0 saturated carbocycles. The molecule has 4 heterocycles. The first-order valence-corrected chi connectivity index (χ1v) is 10.2. The number of hydrogen-bond acceptors (Lipinski definition) is 5. The molecule has 160 valence electrons. The van der Waals surface area contributed by atoms with E-state index in [2.05, 4.69) is 32.2 Å². The molecule has 0 radical (unpaired) electrons. The van der Waals surface area contributed by atoms with Gasteiger partial charge in [0.15, 0.2) is 11.5 Å². The van der Waals surface area contributed by atoms with Crippen LogP contribution < -0.4 is 10.2 Å². The van der Waals surface area contributed by atoms with Gasteiger partial charge in [-0.1, -0.05) is 0 Å². The SMILES string of the molecule is Cc1cn2cc(NC(=O)c3ccc(N4CCN(C)CC4)c4cn(C)nc34)cc(F)c2n1. The zero-order valence-electron chi connectivity index (χ0n) is 17.8. The Morgan fingerprint density at radius 2 is 1.87 bits per heavy atom. The van der Waals surface area contributed by atoms with Crippen LogP contribution in [0.1, 0.15) is 16.1 Å². The molecule has 5 rings (SSSR count). The highest BCUT2D eigenvalue weighted by molar-refractivity contribution is 6.13. The first kappa shape index (κ1) is 19.5. The number of rotatable bonds is 3. The van der Waals surface area contributed by atoms with Gasteiger partial charge in [0.1, 0.15) is 5.52 Å². The van der Waals surface area contributed by atoms with Gasteiger partial charge >= 0.3 is 0 Å². The Morgan fingerprint density at radius 1 is 1.10 bits per heavy atom. The summed E-state index contributed by atoms with van der Waals surface area (Å²) in [6, 6.07) is 5.07. The van der Waals surface area contributed by atoms with Crippen LogP contribution >= 0.6 is 0 Å². The highest BCUT2D eigenvalue weighted by atomic mass is 19.1. The molecule has 1 N–H and O–H groups in total. The maximum atomic E-state index is 14.4. The zero-order chi connectivity index (χ0) is 21.7. The summed E-state index contributed by atoms with van der Waals surface area (Å²) in [5.74, 6) is -0.816. The van der Waals surface area contributed by atoms with Gasteiger partial charge in [-0.2, -0.15) is 5.10 Å². The predicted molar refractivity (Wildman–Crippen MR) is 118 cm³/mol. The fourth-order valence-corrected chi connectivity index (χ4v) is 4.16. The van der Waals surface area contributed by atoms with Gasteiger partial charge in [-0.3, -0.25) is 9.48 Å². The number of hydrogen-bond donors (Lipinski definition) is 1. The number of benzene rings is 1. The second kappa shape index (κ2) is 7.35. The summed E-state index contributed by atoms with van der Waals surface area (Å²) in [5, 5.41) is 8.29. The smallest absolute Gasteiger partial charge is 0.257 e. The van der Waals surface area contributed by atoms with Crippen molar-refractivity contribution in [3.05, 3.63) is 53.9 Å². The lowest BCUT2D eigenvalue weighted by Gasteiger charge is -2.34. The molecule has 0 atom stereocenters. The lowest BCUT2D eigenvalue weighted by Crippen LogP contribution is -2.44. The zero-order valence-corrected chi connectivity index (χ0v) is 17.8. The van der Waals surface area contributed by atoms with E-state index >= 15 is 0 Å². The van der Waals surface area contributed by atoms with Gasteiger partial charge in [-0.15, -0.1) is 0 Å². The largest absolute Gasteiger partial charge is 0.368 e. The van der Waals surface area contributed by atoms with E-state index in [9.17, 15) is 9.18 Å². The van der Waals surface area contributed by atoms with Crippen molar-refractivity contribution < 1.29 is 9.18 Å². The molecule has 3 aromatic heterocycles. The molecule has 1 fully saturated rings. The van der Waals surface area contributed by atoms with E-state index in [1.807, 2.05) is 19.3 Å². The Bertz CT molecular complexity index is 1300. The second-order valence-electron chi connectivity index (χ2n) is 8.13. The van der Waals surface area contributed by atoms with Crippen LogP contribution in [0.4, 0.5) is 15.8 Å². The summed E-state index contributed by atoms with van der Waals surface area (Å²) in [5.41, 5.74) is 3.47. The van der Waals surface area contributed by atoms with Gasteiger partial charge in [0.25, 0.3) is 5.91 Å². The quantitative estimate of drug-likeness (QED) is 0.551. The number of anilines is 2. The fourth-order valence-electron chi connectivity index (χ4n) is 4.16. The van der Waals surface area contributed by atoms with Gasteiger partial charge in [-0.05, 0) is 26.1 Å². The van der Waals surface area contributed by atoms with Gasteiger partial charge in [0.05, 0.1) is 16.9 Å². The van der Waals surface area contributed by atoms with Crippen molar-refractivity contribution in [2.24, 2.45) is 7.05 Å². The monoisotopic (exact) mass is 421 g/mol. The summed E-state index contributed by atoms with van der Waals surface area (Å²) in [6.45, 7) is 5.63. The molecule has 0 unspecified atom stereocenters. The van der Waals surface area contributed by atoms with Gasteiger partial charge in [0, 0.05) is 69.0 Å². The van der Waals surface area contributed by atoms with Crippen molar-refractivity contribution in [3.63, 3.8) is 0 Å². The van der Waals surface area contributed by atoms with Crippen LogP contribution in [0, 0.1) is 12.7 Å². The van der Waals surface area contributed by atoms with E-state index in [1.165, 1.54) is 6.07 Å². The number of aryl methyl sites for hydroxylation is 2. The lowest BCUT2D eigenvalue weighted by atomic mass is 10.1. The van der Waals surface area contributed by atoms with Crippen molar-refractivity contribution in [1.82, 2.24) is 24.1 Å². The number of aromatic nitrogens is 4. The number of fused-ring (bicyclic) bond motifs is 2. The Hall–Kier alpha value is -3.46. The molecule has 8 nitrogen and oxygen atoms in total. The molecule has 4 aromatic rings. The van der Waals surface area contributed by atoms with Crippen molar-refractivity contribution in [2.75, 3.05) is 43.4 Å². The molecular weight excluding hydrogens is 397 g/mol. The van der Waals surface area contributed by atoms with E-state index in [4.69, 9.17) is 0 Å². The molecule has 31 heavy (non-hydrogen) atoms. The van der Waals surface area contributed by atoms with Crippen molar-refractivity contribution in [3.8, 4) is 0 Å². The molecule has 1 aliphatic heterocycles. The summed E-state index contributed by atoms with van der Waals surface area (Å²) < 4.78 is 17.7. The van der Waals surface area contributed by atoms with Crippen LogP contribution in [-0.4, -0.2) is 63.2 Å². The molecule has 9 heteroatoms. The number of piperazine rings is 1. The van der Waals surface area contributed by atoms with Crippen LogP contribution in [0.15, 0.2) is 36.8 Å². The van der Waals surface area contributed by atoms with Crippen molar-refractivity contribution in [2.45, 2.75) is 6.92 Å². The maximum Gasteiger partial charge on any atom is 0.257 e. The molecular formula is C22H24FN7O. The third-order valence-corrected chi connectivity index (χ3v) is 5.74. The predicted octanol–water partition coefficient (Wildman–Crippen LogP) is 2.67. The number of carbonyl (C=O) groups excluding carboxylic acids is 1. The minimum Gasteiger partial charge on any atom is -0.368 e. The highest BCUT2D eigenvalue weighted by Crippen LogP contribution is 2.30. The van der Waals surface area contributed by atoms with E-state index in [0.29, 0.717) is 22.5 Å². The topological polar surface area (TPSA) is 70.7 Å². The van der Waals surface area contributed by atoms with E-state index < -0.39 is 5.82 Å². The van der Waals surface area contributed by atoms with Crippen LogP contribution in [-0.2, 0) is 7.05 Å². The Morgan fingerprint density at radius 3 is 2.65 bits per heavy atom. The average Bonchev–Trinajstić information content (AvgIpc) is 3.29. The lowest BCUT2D eigenvalue weighted by molar-refractivity contribution is 0.102.